The fourth-order valence-corrected chi connectivity index (χ4v) is 2.51. The maximum Gasteiger partial charge on any atom is 0.144 e. The molecule has 3 rings (SSSR count). The number of halogens is 1. The summed E-state index contributed by atoms with van der Waals surface area (Å²) in [6.07, 6.45) is 0. The van der Waals surface area contributed by atoms with E-state index < -0.39 is 0 Å². The normalized spacial score (nSPS) is 10.7. The lowest BCUT2D eigenvalue weighted by Gasteiger charge is -2.11. The van der Waals surface area contributed by atoms with E-state index in [0.717, 1.165) is 11.3 Å². The molecule has 0 aliphatic rings. The molecule has 0 unspecified atom stereocenters. The Morgan fingerprint density at radius 1 is 1.18 bits per heavy atom. The van der Waals surface area contributed by atoms with Crippen molar-refractivity contribution < 1.29 is 9.84 Å². The van der Waals surface area contributed by atoms with Crippen molar-refractivity contribution in [2.24, 2.45) is 0 Å². The number of aromatic nitrogens is 3. The Bertz CT molecular complexity index is 802. The highest BCUT2D eigenvalue weighted by Gasteiger charge is 2.18. The molecular formula is C16H14ClN3O2. The van der Waals surface area contributed by atoms with E-state index in [-0.39, 0.29) is 6.61 Å². The van der Waals surface area contributed by atoms with Crippen LogP contribution in [0, 0.1) is 0 Å². The van der Waals surface area contributed by atoms with E-state index in [1.165, 1.54) is 0 Å². The van der Waals surface area contributed by atoms with Crippen LogP contribution in [0.1, 0.15) is 5.69 Å². The summed E-state index contributed by atoms with van der Waals surface area (Å²) in [4.78, 5) is 0. The smallest absolute Gasteiger partial charge is 0.144 e. The molecular weight excluding hydrogens is 302 g/mol. The molecule has 5 nitrogen and oxygen atoms in total. The summed E-state index contributed by atoms with van der Waals surface area (Å²) in [7, 11) is 1.60. The molecule has 22 heavy (non-hydrogen) atoms. The highest BCUT2D eigenvalue weighted by molar-refractivity contribution is 6.30. The molecule has 0 fully saturated rings. The number of benzene rings is 2. The lowest BCUT2D eigenvalue weighted by Crippen LogP contribution is -2.02. The van der Waals surface area contributed by atoms with E-state index >= 15 is 0 Å². The molecule has 6 heteroatoms. The molecule has 0 atom stereocenters. The summed E-state index contributed by atoms with van der Waals surface area (Å²) >= 11 is 6.08. The van der Waals surface area contributed by atoms with Gasteiger partial charge in [0.25, 0.3) is 0 Å². The molecule has 0 saturated heterocycles. The number of rotatable bonds is 4. The summed E-state index contributed by atoms with van der Waals surface area (Å²) in [5.41, 5.74) is 2.74. The number of para-hydroxylation sites is 2. The van der Waals surface area contributed by atoms with Gasteiger partial charge in [0.2, 0.25) is 0 Å². The third-order valence-corrected chi connectivity index (χ3v) is 3.54. The van der Waals surface area contributed by atoms with E-state index in [1.54, 1.807) is 17.9 Å². The van der Waals surface area contributed by atoms with Gasteiger partial charge in [-0.05, 0) is 24.3 Å². The van der Waals surface area contributed by atoms with Gasteiger partial charge in [0.1, 0.15) is 22.8 Å². The van der Waals surface area contributed by atoms with Crippen LogP contribution in [0.4, 0.5) is 0 Å². The van der Waals surface area contributed by atoms with Crippen LogP contribution in [-0.2, 0) is 6.61 Å². The average molecular weight is 316 g/mol. The molecule has 1 N–H and O–H groups in total. The molecule has 0 aliphatic heterocycles. The van der Waals surface area contributed by atoms with Crippen molar-refractivity contribution in [3.8, 4) is 22.7 Å². The number of aliphatic hydroxyl groups excluding tert-OH is 1. The molecule has 0 spiro atoms. The summed E-state index contributed by atoms with van der Waals surface area (Å²) in [6.45, 7) is -0.211. The minimum atomic E-state index is -0.211. The quantitative estimate of drug-likeness (QED) is 0.803. The van der Waals surface area contributed by atoms with E-state index in [9.17, 15) is 5.11 Å². The predicted octanol–water partition coefficient (Wildman–Crippen LogP) is 3.09. The van der Waals surface area contributed by atoms with Crippen molar-refractivity contribution in [2.75, 3.05) is 7.11 Å². The molecule has 0 saturated carbocycles. The van der Waals surface area contributed by atoms with Crippen molar-refractivity contribution in [2.45, 2.75) is 6.61 Å². The second-order valence-corrected chi connectivity index (χ2v) is 5.07. The highest BCUT2D eigenvalue weighted by Crippen LogP contribution is 2.30. The molecule has 0 bridgehead atoms. The van der Waals surface area contributed by atoms with Gasteiger partial charge in [-0.25, -0.2) is 4.68 Å². The van der Waals surface area contributed by atoms with E-state index in [0.29, 0.717) is 22.2 Å². The predicted molar refractivity (Wildman–Crippen MR) is 84.3 cm³/mol. The van der Waals surface area contributed by atoms with Gasteiger partial charge < -0.3 is 9.84 Å². The van der Waals surface area contributed by atoms with Gasteiger partial charge in [0.15, 0.2) is 0 Å². The van der Waals surface area contributed by atoms with Crippen LogP contribution in [0.3, 0.4) is 0 Å². The zero-order valence-electron chi connectivity index (χ0n) is 11.9. The Balaban J connectivity index is 2.24. The molecule has 0 aliphatic carbocycles. The first-order valence-electron chi connectivity index (χ1n) is 6.69. The maximum atomic E-state index is 9.56. The van der Waals surface area contributed by atoms with Crippen molar-refractivity contribution in [1.82, 2.24) is 15.0 Å². The minimum Gasteiger partial charge on any atom is -0.494 e. The van der Waals surface area contributed by atoms with Crippen LogP contribution in [0.15, 0.2) is 48.5 Å². The van der Waals surface area contributed by atoms with E-state index in [1.807, 2.05) is 42.5 Å². The van der Waals surface area contributed by atoms with E-state index in [4.69, 9.17) is 16.3 Å². The van der Waals surface area contributed by atoms with Crippen LogP contribution in [0.2, 0.25) is 5.02 Å². The molecule has 2 aromatic carbocycles. The maximum absolute atomic E-state index is 9.56. The number of hydrogen-bond donors (Lipinski definition) is 1. The Morgan fingerprint density at radius 3 is 2.73 bits per heavy atom. The van der Waals surface area contributed by atoms with Gasteiger partial charge in [-0.1, -0.05) is 41.1 Å². The highest BCUT2D eigenvalue weighted by atomic mass is 35.5. The average Bonchev–Trinajstić information content (AvgIpc) is 2.98. The summed E-state index contributed by atoms with van der Waals surface area (Å²) in [5, 5.41) is 18.4. The fourth-order valence-electron chi connectivity index (χ4n) is 2.32. The fraction of sp³-hybridized carbons (Fsp3) is 0.125. The standard InChI is InChI=1S/C16H14ClN3O2/c1-22-15-8-3-2-7-14(15)20-16(13(10-21)18-19-20)11-5-4-6-12(17)9-11/h2-9,21H,10H2,1H3. The van der Waals surface area contributed by atoms with Crippen LogP contribution in [-0.4, -0.2) is 27.2 Å². The molecule has 3 aromatic rings. The Kier molecular flexibility index (Phi) is 4.09. The van der Waals surface area contributed by atoms with Gasteiger partial charge in [-0.15, -0.1) is 5.10 Å². The zero-order chi connectivity index (χ0) is 15.5. The van der Waals surface area contributed by atoms with Crippen LogP contribution < -0.4 is 4.74 Å². The summed E-state index contributed by atoms with van der Waals surface area (Å²) in [5.74, 6) is 0.667. The monoisotopic (exact) mass is 315 g/mol. The Labute approximate surface area is 132 Å². The first kappa shape index (κ1) is 14.6. The number of nitrogens with zero attached hydrogens (tertiary/aromatic N) is 3. The van der Waals surface area contributed by atoms with Crippen LogP contribution >= 0.6 is 11.6 Å². The van der Waals surface area contributed by atoms with Crippen molar-refractivity contribution in [1.29, 1.82) is 0 Å². The molecule has 0 amide bonds. The third kappa shape index (κ3) is 2.56. The van der Waals surface area contributed by atoms with Gasteiger partial charge in [-0.2, -0.15) is 0 Å². The zero-order valence-corrected chi connectivity index (χ0v) is 12.7. The molecule has 112 valence electrons. The summed E-state index contributed by atoms with van der Waals surface area (Å²) < 4.78 is 7.03. The molecule has 1 aromatic heterocycles. The van der Waals surface area contributed by atoms with Gasteiger partial charge in [0.05, 0.1) is 13.7 Å². The van der Waals surface area contributed by atoms with Crippen LogP contribution in [0.5, 0.6) is 5.75 Å². The summed E-state index contributed by atoms with van der Waals surface area (Å²) in [6, 6.07) is 14.8. The SMILES string of the molecule is COc1ccccc1-n1nnc(CO)c1-c1cccc(Cl)c1. The topological polar surface area (TPSA) is 60.2 Å². The first-order chi connectivity index (χ1) is 10.7. The largest absolute Gasteiger partial charge is 0.494 e. The second-order valence-electron chi connectivity index (χ2n) is 4.64. The lowest BCUT2D eigenvalue weighted by molar-refractivity contribution is 0.277. The lowest BCUT2D eigenvalue weighted by atomic mass is 10.1. The Morgan fingerprint density at radius 2 is 2.00 bits per heavy atom. The number of hydrogen-bond acceptors (Lipinski definition) is 4. The number of aliphatic hydroxyl groups is 1. The number of methoxy groups -OCH3 is 1. The van der Waals surface area contributed by atoms with Gasteiger partial charge in [0, 0.05) is 10.6 Å². The second kappa shape index (κ2) is 6.17. The van der Waals surface area contributed by atoms with E-state index in [2.05, 4.69) is 10.3 Å². The van der Waals surface area contributed by atoms with Gasteiger partial charge in [-0.3, -0.25) is 0 Å². The minimum absolute atomic E-state index is 0.211. The van der Waals surface area contributed by atoms with Crippen LogP contribution in [0.25, 0.3) is 16.9 Å². The number of ether oxygens (including phenoxy) is 1. The molecule has 0 radical (unpaired) electrons. The Hall–Kier alpha value is -2.37. The van der Waals surface area contributed by atoms with Crippen molar-refractivity contribution in [3.05, 3.63) is 59.2 Å². The van der Waals surface area contributed by atoms with Gasteiger partial charge >= 0.3 is 0 Å². The van der Waals surface area contributed by atoms with Crippen molar-refractivity contribution >= 4 is 11.6 Å². The first-order valence-corrected chi connectivity index (χ1v) is 7.07. The van der Waals surface area contributed by atoms with Crippen molar-refractivity contribution in [3.63, 3.8) is 0 Å². The molecule has 1 heterocycles. The third-order valence-electron chi connectivity index (χ3n) is 3.30.